The molecule has 1 N–H and O–H groups in total. The molecule has 0 aromatic rings. The van der Waals surface area contributed by atoms with Gasteiger partial charge in [-0.05, 0) is 58.3 Å². The summed E-state index contributed by atoms with van der Waals surface area (Å²) in [7, 11) is 0. The molecule has 29 heavy (non-hydrogen) atoms. The summed E-state index contributed by atoms with van der Waals surface area (Å²) < 4.78 is 11.2. The van der Waals surface area contributed by atoms with Crippen LogP contribution in [0.25, 0.3) is 0 Å². The van der Waals surface area contributed by atoms with Crippen molar-refractivity contribution in [2.24, 2.45) is 16.7 Å². The SMILES string of the molecule is CC(C)(C)CC(C)(C)/C=C/CC(CC(=O)OC(C)(C)CCOC(C)(C)C)C(=O)O. The Labute approximate surface area is 178 Å². The Morgan fingerprint density at radius 3 is 1.97 bits per heavy atom. The second kappa shape index (κ2) is 10.6. The maximum absolute atomic E-state index is 12.3. The van der Waals surface area contributed by atoms with Crippen molar-refractivity contribution in [3.63, 3.8) is 0 Å². The molecule has 0 radical (unpaired) electrons. The van der Waals surface area contributed by atoms with Crippen LogP contribution >= 0.6 is 0 Å². The van der Waals surface area contributed by atoms with Gasteiger partial charge in [-0.25, -0.2) is 0 Å². The summed E-state index contributed by atoms with van der Waals surface area (Å²) in [5.74, 6) is -2.25. The monoisotopic (exact) mass is 412 g/mol. The van der Waals surface area contributed by atoms with E-state index in [4.69, 9.17) is 9.47 Å². The van der Waals surface area contributed by atoms with Gasteiger partial charge in [-0.2, -0.15) is 0 Å². The number of carboxylic acid groups (broad SMARTS) is 1. The first kappa shape index (κ1) is 27.6. The van der Waals surface area contributed by atoms with Gasteiger partial charge in [0.15, 0.2) is 0 Å². The molecule has 0 aromatic heterocycles. The number of aliphatic carboxylic acids is 1. The lowest BCUT2D eigenvalue weighted by atomic mass is 9.76. The van der Waals surface area contributed by atoms with Gasteiger partial charge in [0.1, 0.15) is 5.60 Å². The molecule has 0 saturated carbocycles. The fraction of sp³-hybridized carbons (Fsp3) is 0.833. The molecule has 0 rings (SSSR count). The molecule has 0 aliphatic rings. The molecular formula is C24H44O5. The lowest BCUT2D eigenvalue weighted by Crippen LogP contribution is -2.32. The van der Waals surface area contributed by atoms with Gasteiger partial charge < -0.3 is 14.6 Å². The predicted molar refractivity (Wildman–Crippen MR) is 118 cm³/mol. The third kappa shape index (κ3) is 15.2. The van der Waals surface area contributed by atoms with Gasteiger partial charge in [0, 0.05) is 6.42 Å². The Morgan fingerprint density at radius 1 is 0.966 bits per heavy atom. The molecule has 0 bridgehead atoms. The number of ether oxygens (including phenoxy) is 2. The first-order chi connectivity index (χ1) is 12.8. The largest absolute Gasteiger partial charge is 0.481 e. The van der Waals surface area contributed by atoms with Gasteiger partial charge in [0.2, 0.25) is 0 Å². The highest BCUT2D eigenvalue weighted by molar-refractivity contribution is 5.79. The first-order valence-electron chi connectivity index (χ1n) is 10.6. The van der Waals surface area contributed by atoms with Crippen molar-refractivity contribution in [1.82, 2.24) is 0 Å². The zero-order chi connectivity index (χ0) is 23.1. The van der Waals surface area contributed by atoms with Crippen molar-refractivity contribution in [2.45, 2.75) is 106 Å². The maximum Gasteiger partial charge on any atom is 0.307 e. The Kier molecular flexibility index (Phi) is 10.1. The lowest BCUT2D eigenvalue weighted by Gasteiger charge is -2.30. The molecule has 0 saturated heterocycles. The Morgan fingerprint density at radius 2 is 1.52 bits per heavy atom. The fourth-order valence-corrected chi connectivity index (χ4v) is 3.45. The van der Waals surface area contributed by atoms with Crippen LogP contribution in [0, 0.1) is 16.7 Å². The Hall–Kier alpha value is -1.36. The minimum absolute atomic E-state index is 0.0309. The zero-order valence-electron chi connectivity index (χ0n) is 20.3. The van der Waals surface area contributed by atoms with E-state index in [2.05, 4.69) is 40.7 Å². The summed E-state index contributed by atoms with van der Waals surface area (Å²) in [6.07, 6.45) is 5.66. The molecule has 5 heteroatoms. The lowest BCUT2D eigenvalue weighted by molar-refractivity contribution is -0.163. The second-order valence-electron chi connectivity index (χ2n) is 11.5. The van der Waals surface area contributed by atoms with Crippen LogP contribution in [-0.2, 0) is 19.1 Å². The number of rotatable bonds is 11. The van der Waals surface area contributed by atoms with E-state index in [0.717, 1.165) is 6.42 Å². The van der Waals surface area contributed by atoms with Crippen molar-refractivity contribution in [2.75, 3.05) is 6.61 Å². The molecule has 5 nitrogen and oxygen atoms in total. The van der Waals surface area contributed by atoms with Gasteiger partial charge in [0.25, 0.3) is 0 Å². The average molecular weight is 413 g/mol. The van der Waals surface area contributed by atoms with E-state index >= 15 is 0 Å². The van der Waals surface area contributed by atoms with E-state index in [9.17, 15) is 14.7 Å². The van der Waals surface area contributed by atoms with E-state index in [0.29, 0.717) is 19.4 Å². The second-order valence-corrected chi connectivity index (χ2v) is 11.5. The van der Waals surface area contributed by atoms with Gasteiger partial charge >= 0.3 is 11.9 Å². The highest BCUT2D eigenvalue weighted by Gasteiger charge is 2.28. The molecule has 0 amide bonds. The third-order valence-corrected chi connectivity index (χ3v) is 4.37. The van der Waals surface area contributed by atoms with E-state index in [1.54, 1.807) is 0 Å². The summed E-state index contributed by atoms with van der Waals surface area (Å²) in [5.41, 5.74) is -0.791. The van der Waals surface area contributed by atoms with Crippen molar-refractivity contribution in [1.29, 1.82) is 0 Å². The normalized spacial score (nSPS) is 14.8. The summed E-state index contributed by atoms with van der Waals surface area (Å²) in [5, 5.41) is 9.51. The highest BCUT2D eigenvalue weighted by Crippen LogP contribution is 2.34. The van der Waals surface area contributed by atoms with E-state index < -0.39 is 23.5 Å². The number of hydrogen-bond donors (Lipinski definition) is 1. The average Bonchev–Trinajstić information content (AvgIpc) is 2.40. The molecule has 0 aromatic carbocycles. The highest BCUT2D eigenvalue weighted by atomic mass is 16.6. The third-order valence-electron chi connectivity index (χ3n) is 4.37. The molecule has 1 unspecified atom stereocenters. The summed E-state index contributed by atoms with van der Waals surface area (Å²) in [4.78, 5) is 23.9. The Bertz CT molecular complexity index is 559. The number of esters is 1. The van der Waals surface area contributed by atoms with Gasteiger partial charge in [-0.1, -0.05) is 46.8 Å². The van der Waals surface area contributed by atoms with Crippen LogP contribution in [0.1, 0.15) is 94.9 Å². The van der Waals surface area contributed by atoms with Crippen LogP contribution in [0.15, 0.2) is 12.2 Å². The molecule has 0 fully saturated rings. The smallest absolute Gasteiger partial charge is 0.307 e. The summed E-state index contributed by atoms with van der Waals surface area (Å²) in [6.45, 7) is 20.9. The predicted octanol–water partition coefficient (Wildman–Crippen LogP) is 6.01. The van der Waals surface area contributed by atoms with Crippen LogP contribution in [0.3, 0.4) is 0 Å². The Balaban J connectivity index is 4.74. The zero-order valence-corrected chi connectivity index (χ0v) is 20.3. The number of hydrogen-bond acceptors (Lipinski definition) is 4. The van der Waals surface area contributed by atoms with E-state index in [-0.39, 0.29) is 22.9 Å². The number of allylic oxidation sites excluding steroid dienone is 2. The van der Waals surface area contributed by atoms with Crippen molar-refractivity contribution in [3.8, 4) is 0 Å². The van der Waals surface area contributed by atoms with Crippen molar-refractivity contribution in [3.05, 3.63) is 12.2 Å². The molecule has 0 aliphatic carbocycles. The summed E-state index contributed by atoms with van der Waals surface area (Å²) >= 11 is 0. The quantitative estimate of drug-likeness (QED) is 0.332. The van der Waals surface area contributed by atoms with Gasteiger partial charge in [-0.3, -0.25) is 9.59 Å². The molecule has 0 aliphatic heterocycles. The van der Waals surface area contributed by atoms with Crippen molar-refractivity contribution < 1.29 is 24.2 Å². The summed E-state index contributed by atoms with van der Waals surface area (Å²) in [6, 6.07) is 0. The van der Waals surface area contributed by atoms with Crippen LogP contribution in [0.2, 0.25) is 0 Å². The standard InChI is InChI=1S/C24H44O5/c1-21(2,3)17-23(7,8)13-11-12-18(20(26)27)16-19(25)29-24(9,10)14-15-28-22(4,5)6/h11,13,18H,12,14-17H2,1-10H3,(H,26,27)/b13-11+. The number of carbonyl (C=O) groups is 2. The van der Waals surface area contributed by atoms with Crippen LogP contribution in [0.5, 0.6) is 0 Å². The fourth-order valence-electron chi connectivity index (χ4n) is 3.45. The number of carboxylic acids is 1. The van der Waals surface area contributed by atoms with Gasteiger partial charge in [-0.15, -0.1) is 0 Å². The topological polar surface area (TPSA) is 72.8 Å². The molecule has 0 heterocycles. The molecule has 170 valence electrons. The minimum atomic E-state index is -0.978. The molecule has 1 atom stereocenters. The van der Waals surface area contributed by atoms with Crippen LogP contribution < -0.4 is 0 Å². The van der Waals surface area contributed by atoms with Gasteiger partial charge in [0.05, 0.1) is 24.5 Å². The first-order valence-corrected chi connectivity index (χ1v) is 10.6. The molecular weight excluding hydrogens is 368 g/mol. The van der Waals surface area contributed by atoms with Crippen molar-refractivity contribution >= 4 is 11.9 Å². The van der Waals surface area contributed by atoms with Crippen LogP contribution in [-0.4, -0.2) is 34.9 Å². The van der Waals surface area contributed by atoms with Crippen LogP contribution in [0.4, 0.5) is 0 Å². The molecule has 0 spiro atoms. The number of carbonyl (C=O) groups excluding carboxylic acids is 1. The minimum Gasteiger partial charge on any atom is -0.481 e. The van der Waals surface area contributed by atoms with E-state index in [1.165, 1.54) is 0 Å². The van der Waals surface area contributed by atoms with E-state index in [1.807, 2.05) is 40.7 Å². The maximum atomic E-state index is 12.3.